The number of amides is 2. The smallest absolute Gasteiger partial charge is 0.325 e. The number of piperazine rings is 1. The molecule has 32 heavy (non-hydrogen) atoms. The Morgan fingerprint density at radius 1 is 0.969 bits per heavy atom. The van der Waals surface area contributed by atoms with Gasteiger partial charge in [0.1, 0.15) is 5.54 Å². The average Bonchev–Trinajstić information content (AvgIpc) is 3.38. The number of benzene rings is 2. The van der Waals surface area contributed by atoms with Crippen LogP contribution in [0.5, 0.6) is 0 Å². The molecule has 1 heterocycles. The van der Waals surface area contributed by atoms with E-state index in [9.17, 15) is 23.1 Å². The number of anilines is 1. The number of carboxylic acids is 1. The molecule has 4 rings (SSSR count). The van der Waals surface area contributed by atoms with E-state index in [4.69, 9.17) is 0 Å². The van der Waals surface area contributed by atoms with Crippen LogP contribution in [0.3, 0.4) is 0 Å². The van der Waals surface area contributed by atoms with Gasteiger partial charge in [-0.1, -0.05) is 55.5 Å². The Kier molecular flexibility index (Phi) is 5.93. The molecule has 1 unspecified atom stereocenters. The number of carbonyl (C=O) groups excluding carboxylic acids is 1. The minimum Gasteiger partial charge on any atom is -0.480 e. The lowest BCUT2D eigenvalue weighted by Gasteiger charge is -2.34. The van der Waals surface area contributed by atoms with Crippen LogP contribution < -0.4 is 10.0 Å². The number of carboxylic acid groups (broad SMARTS) is 1. The Hall–Kier alpha value is -2.95. The van der Waals surface area contributed by atoms with Crippen molar-refractivity contribution < 1.29 is 23.1 Å². The fourth-order valence-corrected chi connectivity index (χ4v) is 6.03. The van der Waals surface area contributed by atoms with Gasteiger partial charge in [-0.05, 0) is 23.6 Å². The summed E-state index contributed by atoms with van der Waals surface area (Å²) < 4.78 is 29.8. The summed E-state index contributed by atoms with van der Waals surface area (Å²) in [6.07, 6.45) is 0. The first-order valence-electron chi connectivity index (χ1n) is 10.4. The highest BCUT2D eigenvalue weighted by molar-refractivity contribution is 7.87. The molecule has 2 aromatic carbocycles. The number of hydrogen-bond donors (Lipinski definition) is 3. The molecule has 0 bridgehead atoms. The molecule has 0 radical (unpaired) electrons. The molecule has 2 fully saturated rings. The molecule has 2 aromatic rings. The molecule has 1 saturated carbocycles. The Morgan fingerprint density at radius 3 is 2.09 bits per heavy atom. The monoisotopic (exact) mass is 458 g/mol. The van der Waals surface area contributed by atoms with E-state index in [1.54, 1.807) is 36.1 Å². The van der Waals surface area contributed by atoms with Crippen molar-refractivity contribution in [3.63, 3.8) is 0 Å². The summed E-state index contributed by atoms with van der Waals surface area (Å²) in [6.45, 7) is 2.31. The molecule has 2 amide bonds. The number of carbonyl (C=O) groups is 2. The first-order chi connectivity index (χ1) is 15.3. The van der Waals surface area contributed by atoms with Gasteiger partial charge < -0.3 is 15.3 Å². The number of nitrogens with zero attached hydrogens (tertiary/aromatic N) is 2. The summed E-state index contributed by atoms with van der Waals surface area (Å²) in [5.74, 6) is -2.03. The maximum Gasteiger partial charge on any atom is 0.325 e. The lowest BCUT2D eigenvalue weighted by atomic mass is 10.1. The minimum atomic E-state index is -4.06. The van der Waals surface area contributed by atoms with Crippen molar-refractivity contribution in [1.29, 1.82) is 0 Å². The van der Waals surface area contributed by atoms with E-state index < -0.39 is 33.6 Å². The maximum atomic E-state index is 13.1. The predicted molar refractivity (Wildman–Crippen MR) is 119 cm³/mol. The summed E-state index contributed by atoms with van der Waals surface area (Å²) in [6, 6.07) is 17.8. The molecule has 0 spiro atoms. The minimum absolute atomic E-state index is 0.0810. The molecule has 170 valence electrons. The molecule has 2 aliphatic rings. The van der Waals surface area contributed by atoms with Crippen molar-refractivity contribution in [2.45, 2.75) is 18.4 Å². The summed E-state index contributed by atoms with van der Waals surface area (Å²) >= 11 is 0. The summed E-state index contributed by atoms with van der Waals surface area (Å²) in [4.78, 5) is 26.1. The van der Waals surface area contributed by atoms with E-state index >= 15 is 0 Å². The second-order valence-electron chi connectivity index (χ2n) is 8.14. The Morgan fingerprint density at radius 2 is 1.53 bits per heavy atom. The van der Waals surface area contributed by atoms with E-state index in [2.05, 4.69) is 10.0 Å². The fraction of sp³-hybridized carbons (Fsp3) is 0.364. The van der Waals surface area contributed by atoms with Gasteiger partial charge in [0.25, 0.3) is 10.2 Å². The van der Waals surface area contributed by atoms with E-state index in [-0.39, 0.29) is 32.2 Å². The number of urea groups is 1. The second kappa shape index (κ2) is 8.53. The average molecular weight is 459 g/mol. The topological polar surface area (TPSA) is 119 Å². The largest absolute Gasteiger partial charge is 0.480 e. The highest BCUT2D eigenvalue weighted by Crippen LogP contribution is 2.57. The quantitative estimate of drug-likeness (QED) is 0.611. The van der Waals surface area contributed by atoms with E-state index in [0.717, 1.165) is 5.56 Å². The zero-order valence-corrected chi connectivity index (χ0v) is 18.5. The van der Waals surface area contributed by atoms with Crippen LogP contribution in [0.4, 0.5) is 10.5 Å². The van der Waals surface area contributed by atoms with Crippen LogP contribution in [0.1, 0.15) is 18.4 Å². The Balaban J connectivity index is 1.41. The van der Waals surface area contributed by atoms with Gasteiger partial charge in [-0.2, -0.15) is 17.4 Å². The number of nitrogens with one attached hydrogen (secondary N) is 2. The third-order valence-electron chi connectivity index (χ3n) is 6.30. The van der Waals surface area contributed by atoms with E-state index in [1.807, 2.05) is 36.4 Å². The molecule has 0 aromatic heterocycles. The van der Waals surface area contributed by atoms with Crippen molar-refractivity contribution in [1.82, 2.24) is 13.9 Å². The summed E-state index contributed by atoms with van der Waals surface area (Å²) in [7, 11) is -4.06. The highest BCUT2D eigenvalue weighted by Gasteiger charge is 2.70. The van der Waals surface area contributed by atoms with Crippen LogP contribution in [0, 0.1) is 5.92 Å². The zero-order valence-electron chi connectivity index (χ0n) is 17.6. The van der Waals surface area contributed by atoms with Crippen LogP contribution >= 0.6 is 0 Å². The normalized spacial score (nSPS) is 25.8. The maximum absolute atomic E-state index is 13.1. The highest BCUT2D eigenvalue weighted by atomic mass is 32.2. The first kappa shape index (κ1) is 22.3. The first-order valence-corrected chi connectivity index (χ1v) is 11.9. The van der Waals surface area contributed by atoms with Gasteiger partial charge in [-0.15, -0.1) is 0 Å². The lowest BCUT2D eigenvalue weighted by molar-refractivity contribution is -0.140. The van der Waals surface area contributed by atoms with Gasteiger partial charge in [-0.25, -0.2) is 4.79 Å². The zero-order chi connectivity index (χ0) is 22.9. The van der Waals surface area contributed by atoms with Crippen LogP contribution in [0.2, 0.25) is 0 Å². The Labute approximate surface area is 187 Å². The molecule has 3 N–H and O–H groups in total. The van der Waals surface area contributed by atoms with Crippen LogP contribution in [-0.2, 0) is 15.0 Å². The SMILES string of the molecule is CC1[C@H](c2ccccc2)[C@]1(NS(=O)(=O)N1CCN(C(=O)Nc2ccccc2)CC1)C(=O)O. The fourth-order valence-electron chi connectivity index (χ4n) is 4.43. The summed E-state index contributed by atoms with van der Waals surface area (Å²) in [5.41, 5.74) is -0.137. The van der Waals surface area contributed by atoms with Crippen molar-refractivity contribution in [2.75, 3.05) is 31.5 Å². The van der Waals surface area contributed by atoms with Crippen LogP contribution in [-0.4, -0.2) is 66.4 Å². The summed E-state index contributed by atoms with van der Waals surface area (Å²) in [5, 5.41) is 12.7. The van der Waals surface area contributed by atoms with Gasteiger partial charge in [0, 0.05) is 37.8 Å². The number of aliphatic carboxylic acids is 1. The van der Waals surface area contributed by atoms with E-state index in [1.165, 1.54) is 4.31 Å². The van der Waals surface area contributed by atoms with Gasteiger partial charge >= 0.3 is 12.0 Å². The third kappa shape index (κ3) is 4.08. The molecule has 10 heteroatoms. The van der Waals surface area contributed by atoms with Crippen molar-refractivity contribution in [2.24, 2.45) is 5.92 Å². The van der Waals surface area contributed by atoms with Crippen molar-refractivity contribution in [3.05, 3.63) is 66.2 Å². The van der Waals surface area contributed by atoms with E-state index in [0.29, 0.717) is 5.69 Å². The van der Waals surface area contributed by atoms with Crippen LogP contribution in [0.15, 0.2) is 60.7 Å². The molecular weight excluding hydrogens is 432 g/mol. The number of rotatable bonds is 6. The van der Waals surface area contributed by atoms with Crippen molar-refractivity contribution in [3.8, 4) is 0 Å². The molecular formula is C22H26N4O5S. The lowest BCUT2D eigenvalue weighted by Crippen LogP contribution is -2.57. The molecule has 1 aliphatic heterocycles. The molecule has 9 nitrogen and oxygen atoms in total. The number of para-hydroxylation sites is 1. The second-order valence-corrected chi connectivity index (χ2v) is 9.81. The predicted octanol–water partition coefficient (Wildman–Crippen LogP) is 1.93. The molecule has 1 aliphatic carbocycles. The standard InChI is InChI=1S/C22H26N4O5S/c1-16-19(17-8-4-2-5-9-17)22(16,20(27)28)24-32(30,31)26-14-12-25(13-15-26)21(29)23-18-10-6-3-7-11-18/h2-11,16,19,24H,12-15H2,1H3,(H,23,29)(H,27,28)/t16?,19-,22+/m1/s1. The Bertz CT molecular complexity index is 1090. The third-order valence-corrected chi connectivity index (χ3v) is 7.94. The van der Waals surface area contributed by atoms with Gasteiger partial charge in [-0.3, -0.25) is 4.79 Å². The van der Waals surface area contributed by atoms with Gasteiger partial charge in [0.2, 0.25) is 0 Å². The van der Waals surface area contributed by atoms with Gasteiger partial charge in [0.05, 0.1) is 0 Å². The number of hydrogen-bond acceptors (Lipinski definition) is 4. The molecule has 3 atom stereocenters. The van der Waals surface area contributed by atoms with Crippen LogP contribution in [0.25, 0.3) is 0 Å². The van der Waals surface area contributed by atoms with Crippen molar-refractivity contribution >= 4 is 27.9 Å². The molecule has 1 saturated heterocycles. The van der Waals surface area contributed by atoms with Gasteiger partial charge in [0.15, 0.2) is 0 Å².